The molecule has 0 radical (unpaired) electrons. The number of aryl methyl sites for hydroxylation is 1. The number of aromatic nitrogens is 2. The molecule has 5 nitrogen and oxygen atoms in total. The molecule has 5 heteroatoms. The van der Waals surface area contributed by atoms with Crippen LogP contribution in [0.2, 0.25) is 0 Å². The lowest BCUT2D eigenvalue weighted by molar-refractivity contribution is 0.131. The minimum Gasteiger partial charge on any atom is -0.398 e. The van der Waals surface area contributed by atoms with Gasteiger partial charge in [-0.25, -0.2) is 0 Å². The van der Waals surface area contributed by atoms with Gasteiger partial charge in [0.15, 0.2) is 0 Å². The molecule has 0 atom stereocenters. The standard InChI is InChI=1S/C15H19N3O2/c16-13-5-6-15(19)18(12-13)9-3-10-20-11-7-14-4-1-2-8-17-14/h1-2,4-6,8,12H,3,7,9-11,16H2. The summed E-state index contributed by atoms with van der Waals surface area (Å²) in [5.41, 5.74) is 7.24. The first kappa shape index (κ1) is 14.3. The Morgan fingerprint density at radius 3 is 2.90 bits per heavy atom. The van der Waals surface area contributed by atoms with Gasteiger partial charge in [-0.2, -0.15) is 0 Å². The molecule has 0 fully saturated rings. The Balaban J connectivity index is 1.64. The normalized spacial score (nSPS) is 10.6. The van der Waals surface area contributed by atoms with E-state index in [4.69, 9.17) is 10.5 Å². The molecule has 0 saturated heterocycles. The molecular weight excluding hydrogens is 254 g/mol. The van der Waals surface area contributed by atoms with Crippen molar-refractivity contribution in [1.82, 2.24) is 9.55 Å². The maximum absolute atomic E-state index is 11.5. The second kappa shape index (κ2) is 7.45. The van der Waals surface area contributed by atoms with Crippen LogP contribution in [0.4, 0.5) is 5.69 Å². The number of ether oxygens (including phenoxy) is 1. The molecule has 106 valence electrons. The van der Waals surface area contributed by atoms with E-state index < -0.39 is 0 Å². The molecule has 0 bridgehead atoms. The number of nitrogen functional groups attached to an aromatic ring is 1. The maximum Gasteiger partial charge on any atom is 0.250 e. The largest absolute Gasteiger partial charge is 0.398 e. The quantitative estimate of drug-likeness (QED) is 0.776. The number of hydrogen-bond donors (Lipinski definition) is 1. The van der Waals surface area contributed by atoms with Crippen molar-refractivity contribution in [2.45, 2.75) is 19.4 Å². The molecule has 0 spiro atoms. The van der Waals surface area contributed by atoms with Gasteiger partial charge in [0.2, 0.25) is 0 Å². The van der Waals surface area contributed by atoms with Crippen LogP contribution in [0.3, 0.4) is 0 Å². The Morgan fingerprint density at radius 2 is 2.10 bits per heavy atom. The molecule has 20 heavy (non-hydrogen) atoms. The lowest BCUT2D eigenvalue weighted by Gasteiger charge is -2.07. The highest BCUT2D eigenvalue weighted by Gasteiger charge is 1.97. The van der Waals surface area contributed by atoms with Crippen molar-refractivity contribution in [2.24, 2.45) is 0 Å². The first-order chi connectivity index (χ1) is 9.75. The van der Waals surface area contributed by atoms with Crippen LogP contribution in [-0.4, -0.2) is 22.8 Å². The Bertz CT molecular complexity index is 581. The van der Waals surface area contributed by atoms with Crippen molar-refractivity contribution in [1.29, 1.82) is 0 Å². The molecule has 2 aromatic heterocycles. The van der Waals surface area contributed by atoms with Crippen LogP contribution < -0.4 is 11.3 Å². The van der Waals surface area contributed by atoms with Gasteiger partial charge in [0.1, 0.15) is 0 Å². The minimum absolute atomic E-state index is 0.0346. The third kappa shape index (κ3) is 4.51. The van der Waals surface area contributed by atoms with E-state index >= 15 is 0 Å². The Morgan fingerprint density at radius 1 is 1.20 bits per heavy atom. The number of anilines is 1. The smallest absolute Gasteiger partial charge is 0.250 e. The van der Waals surface area contributed by atoms with E-state index in [0.29, 0.717) is 25.4 Å². The zero-order valence-electron chi connectivity index (χ0n) is 11.4. The minimum atomic E-state index is -0.0346. The SMILES string of the molecule is Nc1ccc(=O)n(CCCOCCc2ccccn2)c1. The predicted octanol–water partition coefficient (Wildman–Crippen LogP) is 1.47. The number of nitrogens with two attached hydrogens (primary N) is 1. The molecule has 0 amide bonds. The van der Waals surface area contributed by atoms with Crippen molar-refractivity contribution < 1.29 is 4.74 Å². The molecule has 2 heterocycles. The van der Waals surface area contributed by atoms with E-state index in [1.165, 1.54) is 6.07 Å². The van der Waals surface area contributed by atoms with Crippen molar-refractivity contribution in [3.05, 3.63) is 58.8 Å². The molecule has 2 aromatic rings. The van der Waals surface area contributed by atoms with E-state index in [1.54, 1.807) is 23.0 Å². The Hall–Kier alpha value is -2.14. The molecule has 0 aliphatic heterocycles. The van der Waals surface area contributed by atoms with Gasteiger partial charge in [-0.3, -0.25) is 9.78 Å². The summed E-state index contributed by atoms with van der Waals surface area (Å²) in [6.45, 7) is 1.88. The predicted molar refractivity (Wildman–Crippen MR) is 78.5 cm³/mol. The summed E-state index contributed by atoms with van der Waals surface area (Å²) in [6, 6.07) is 8.94. The van der Waals surface area contributed by atoms with Gasteiger partial charge in [-0.15, -0.1) is 0 Å². The monoisotopic (exact) mass is 273 g/mol. The summed E-state index contributed by atoms with van der Waals surface area (Å²) in [5.74, 6) is 0. The van der Waals surface area contributed by atoms with Gasteiger partial charge in [0.05, 0.1) is 6.61 Å². The fourth-order valence-corrected chi connectivity index (χ4v) is 1.89. The van der Waals surface area contributed by atoms with Crippen LogP contribution in [0.15, 0.2) is 47.5 Å². The fraction of sp³-hybridized carbons (Fsp3) is 0.333. The summed E-state index contributed by atoms with van der Waals surface area (Å²) in [4.78, 5) is 15.8. The highest BCUT2D eigenvalue weighted by Crippen LogP contribution is 1.98. The Labute approximate surface area is 118 Å². The van der Waals surface area contributed by atoms with Gasteiger partial charge in [0.25, 0.3) is 5.56 Å². The van der Waals surface area contributed by atoms with Crippen LogP contribution in [0, 0.1) is 0 Å². The number of pyridine rings is 2. The first-order valence-electron chi connectivity index (χ1n) is 6.69. The van der Waals surface area contributed by atoms with Crippen molar-refractivity contribution in [3.8, 4) is 0 Å². The highest BCUT2D eigenvalue weighted by atomic mass is 16.5. The molecule has 0 aromatic carbocycles. The van der Waals surface area contributed by atoms with Crippen LogP contribution >= 0.6 is 0 Å². The van der Waals surface area contributed by atoms with Crippen molar-refractivity contribution in [2.75, 3.05) is 18.9 Å². The molecule has 0 aliphatic rings. The molecule has 0 unspecified atom stereocenters. The van der Waals surface area contributed by atoms with Crippen LogP contribution in [0.5, 0.6) is 0 Å². The topological polar surface area (TPSA) is 70.1 Å². The van der Waals surface area contributed by atoms with Crippen LogP contribution in [0.1, 0.15) is 12.1 Å². The van der Waals surface area contributed by atoms with E-state index in [0.717, 1.165) is 18.5 Å². The highest BCUT2D eigenvalue weighted by molar-refractivity contribution is 5.33. The maximum atomic E-state index is 11.5. The molecule has 2 N–H and O–H groups in total. The molecule has 2 rings (SSSR count). The van der Waals surface area contributed by atoms with Gasteiger partial charge >= 0.3 is 0 Å². The van der Waals surface area contributed by atoms with E-state index in [9.17, 15) is 4.79 Å². The molecular formula is C15H19N3O2. The van der Waals surface area contributed by atoms with Crippen LogP contribution in [-0.2, 0) is 17.7 Å². The second-order valence-electron chi connectivity index (χ2n) is 4.53. The zero-order chi connectivity index (χ0) is 14.2. The lowest BCUT2D eigenvalue weighted by Crippen LogP contribution is -2.19. The summed E-state index contributed by atoms with van der Waals surface area (Å²) in [5, 5.41) is 0. The lowest BCUT2D eigenvalue weighted by atomic mass is 10.3. The average molecular weight is 273 g/mol. The first-order valence-corrected chi connectivity index (χ1v) is 6.69. The summed E-state index contributed by atoms with van der Waals surface area (Å²) < 4.78 is 7.15. The third-order valence-electron chi connectivity index (χ3n) is 2.92. The summed E-state index contributed by atoms with van der Waals surface area (Å²) in [6.07, 6.45) is 5.03. The number of hydrogen-bond acceptors (Lipinski definition) is 4. The Kier molecular flexibility index (Phi) is 5.32. The summed E-state index contributed by atoms with van der Waals surface area (Å²) >= 11 is 0. The third-order valence-corrected chi connectivity index (χ3v) is 2.92. The van der Waals surface area contributed by atoms with E-state index in [1.807, 2.05) is 18.2 Å². The van der Waals surface area contributed by atoms with E-state index in [2.05, 4.69) is 4.98 Å². The van der Waals surface area contributed by atoms with Gasteiger partial charge in [0, 0.05) is 49.4 Å². The zero-order valence-corrected chi connectivity index (χ0v) is 11.4. The van der Waals surface area contributed by atoms with Crippen molar-refractivity contribution in [3.63, 3.8) is 0 Å². The van der Waals surface area contributed by atoms with Gasteiger partial charge in [-0.1, -0.05) is 6.07 Å². The number of nitrogens with zero attached hydrogens (tertiary/aromatic N) is 2. The van der Waals surface area contributed by atoms with Gasteiger partial charge < -0.3 is 15.0 Å². The second-order valence-corrected chi connectivity index (χ2v) is 4.53. The van der Waals surface area contributed by atoms with Crippen molar-refractivity contribution >= 4 is 5.69 Å². The number of rotatable bonds is 7. The molecule has 0 saturated carbocycles. The van der Waals surface area contributed by atoms with Gasteiger partial charge in [-0.05, 0) is 24.6 Å². The fourth-order valence-electron chi connectivity index (χ4n) is 1.89. The van der Waals surface area contributed by atoms with E-state index in [-0.39, 0.29) is 5.56 Å². The summed E-state index contributed by atoms with van der Waals surface area (Å²) in [7, 11) is 0. The average Bonchev–Trinajstić information content (AvgIpc) is 2.47. The molecule has 0 aliphatic carbocycles. The van der Waals surface area contributed by atoms with Crippen LogP contribution in [0.25, 0.3) is 0 Å².